The molecule has 7 nitrogen and oxygen atoms in total. The van der Waals surface area contributed by atoms with E-state index in [1.165, 1.54) is 6.33 Å². The van der Waals surface area contributed by atoms with E-state index in [-0.39, 0.29) is 5.91 Å². The second-order valence-electron chi connectivity index (χ2n) is 7.87. The van der Waals surface area contributed by atoms with E-state index in [2.05, 4.69) is 34.5 Å². The van der Waals surface area contributed by atoms with E-state index < -0.39 is 0 Å². The summed E-state index contributed by atoms with van der Waals surface area (Å²) in [7, 11) is 0. The van der Waals surface area contributed by atoms with E-state index in [9.17, 15) is 4.79 Å². The van der Waals surface area contributed by atoms with E-state index in [1.807, 2.05) is 41.1 Å². The van der Waals surface area contributed by atoms with Gasteiger partial charge in [0, 0.05) is 17.8 Å². The van der Waals surface area contributed by atoms with Crippen molar-refractivity contribution in [1.29, 1.82) is 0 Å². The zero-order valence-corrected chi connectivity index (χ0v) is 17.5. The number of nitrogens with one attached hydrogen (secondary N) is 1. The first-order valence-corrected chi connectivity index (χ1v) is 10.5. The molecule has 1 N–H and O–H groups in total. The molecule has 2 aromatic carbocycles. The van der Waals surface area contributed by atoms with E-state index in [1.54, 1.807) is 11.0 Å². The number of carbonyl (C=O) groups is 1. The Bertz CT molecular complexity index is 1220. The van der Waals surface area contributed by atoms with Gasteiger partial charge in [-0.05, 0) is 48.9 Å². The molecule has 0 radical (unpaired) electrons. The van der Waals surface area contributed by atoms with Crippen LogP contribution in [0.3, 0.4) is 0 Å². The Morgan fingerprint density at radius 1 is 1.06 bits per heavy atom. The number of benzene rings is 2. The molecule has 4 aromatic rings. The minimum atomic E-state index is -0.124. The van der Waals surface area contributed by atoms with Crippen LogP contribution < -0.4 is 5.32 Å². The van der Waals surface area contributed by atoms with Gasteiger partial charge in [-0.15, -0.1) is 0 Å². The summed E-state index contributed by atoms with van der Waals surface area (Å²) in [5, 5.41) is 12.0. The first-order chi connectivity index (χ1) is 15.2. The maximum atomic E-state index is 13.1. The Labute approximate surface area is 180 Å². The molecule has 0 spiro atoms. The van der Waals surface area contributed by atoms with Crippen molar-refractivity contribution in [3.8, 4) is 5.69 Å². The molecule has 0 fully saturated rings. The number of carbonyl (C=O) groups excluding carboxylic acids is 1. The second kappa shape index (κ2) is 8.18. The van der Waals surface area contributed by atoms with Crippen molar-refractivity contribution >= 4 is 5.91 Å². The summed E-state index contributed by atoms with van der Waals surface area (Å²) in [6.07, 6.45) is 6.12. The number of para-hydroxylation sites is 1. The molecule has 2 aromatic heterocycles. The van der Waals surface area contributed by atoms with Gasteiger partial charge in [-0.25, -0.2) is 14.3 Å². The zero-order chi connectivity index (χ0) is 21.2. The van der Waals surface area contributed by atoms with Crippen molar-refractivity contribution in [3.63, 3.8) is 0 Å². The van der Waals surface area contributed by atoms with E-state index in [0.29, 0.717) is 18.8 Å². The summed E-state index contributed by atoms with van der Waals surface area (Å²) in [5.41, 5.74) is 7.13. The van der Waals surface area contributed by atoms with Gasteiger partial charge in [0.1, 0.15) is 12.7 Å². The van der Waals surface area contributed by atoms with Gasteiger partial charge in [0.15, 0.2) is 5.69 Å². The first-order valence-electron chi connectivity index (χ1n) is 10.5. The van der Waals surface area contributed by atoms with E-state index in [4.69, 9.17) is 5.10 Å². The highest BCUT2D eigenvalue weighted by Crippen LogP contribution is 2.29. The Morgan fingerprint density at radius 3 is 2.68 bits per heavy atom. The van der Waals surface area contributed by atoms with Gasteiger partial charge < -0.3 is 5.32 Å². The summed E-state index contributed by atoms with van der Waals surface area (Å²) in [5.74, 6) is -0.124. The lowest BCUT2D eigenvalue weighted by Gasteiger charge is -2.11. The maximum absolute atomic E-state index is 13.1. The highest BCUT2D eigenvalue weighted by atomic mass is 16.1. The Morgan fingerprint density at radius 2 is 1.87 bits per heavy atom. The molecule has 0 atom stereocenters. The molecule has 2 heterocycles. The standard InChI is InChI=1S/C24H24N6O/c1-17-7-2-5-11-21(17)30-22-12-6-10-20(22)23(28-30)24(31)26-13-18-8-3-4-9-19(18)14-29-16-25-15-27-29/h2-5,7-9,11,15-16H,6,10,12-14H2,1H3,(H,26,31). The molecule has 1 amide bonds. The average molecular weight is 412 g/mol. The molecule has 0 saturated heterocycles. The van der Waals surface area contributed by atoms with Crippen molar-refractivity contribution in [3.05, 3.63) is 94.8 Å². The Balaban J connectivity index is 1.38. The van der Waals surface area contributed by atoms with Crippen LogP contribution in [-0.2, 0) is 25.9 Å². The van der Waals surface area contributed by atoms with Gasteiger partial charge in [0.25, 0.3) is 5.91 Å². The lowest BCUT2D eigenvalue weighted by Crippen LogP contribution is -2.25. The highest BCUT2D eigenvalue weighted by Gasteiger charge is 2.27. The number of hydrogen-bond donors (Lipinski definition) is 1. The number of aryl methyl sites for hydroxylation is 1. The molecule has 1 aliphatic carbocycles. The van der Waals surface area contributed by atoms with Crippen LogP contribution in [0.2, 0.25) is 0 Å². The Kier molecular flexibility index (Phi) is 5.08. The van der Waals surface area contributed by atoms with Crippen molar-refractivity contribution < 1.29 is 4.79 Å². The lowest BCUT2D eigenvalue weighted by atomic mass is 10.1. The highest BCUT2D eigenvalue weighted by molar-refractivity contribution is 5.94. The fourth-order valence-corrected chi connectivity index (χ4v) is 4.25. The number of hydrogen-bond acceptors (Lipinski definition) is 4. The molecular weight excluding hydrogens is 388 g/mol. The van der Waals surface area contributed by atoms with Gasteiger partial charge >= 0.3 is 0 Å². The number of amides is 1. The summed E-state index contributed by atoms with van der Waals surface area (Å²) >= 11 is 0. The van der Waals surface area contributed by atoms with Gasteiger partial charge in [-0.3, -0.25) is 4.79 Å². The fourth-order valence-electron chi connectivity index (χ4n) is 4.25. The monoisotopic (exact) mass is 412 g/mol. The van der Waals surface area contributed by atoms with Crippen molar-refractivity contribution in [2.24, 2.45) is 0 Å². The average Bonchev–Trinajstić information content (AvgIpc) is 3.52. The molecule has 156 valence electrons. The molecule has 7 heteroatoms. The fraction of sp³-hybridized carbons (Fsp3) is 0.250. The van der Waals surface area contributed by atoms with Crippen LogP contribution in [0.1, 0.15) is 44.9 Å². The molecule has 0 unspecified atom stereocenters. The maximum Gasteiger partial charge on any atom is 0.272 e. The number of fused-ring (bicyclic) bond motifs is 1. The molecule has 0 bridgehead atoms. The molecule has 1 aliphatic rings. The van der Waals surface area contributed by atoms with Crippen LogP contribution in [0.4, 0.5) is 0 Å². The normalized spacial score (nSPS) is 12.7. The predicted octanol–water partition coefficient (Wildman–Crippen LogP) is 3.24. The van der Waals surface area contributed by atoms with Gasteiger partial charge in [0.2, 0.25) is 0 Å². The van der Waals surface area contributed by atoms with Gasteiger partial charge in [-0.1, -0.05) is 42.5 Å². The van der Waals surface area contributed by atoms with E-state index >= 15 is 0 Å². The zero-order valence-electron chi connectivity index (χ0n) is 17.5. The molecule has 31 heavy (non-hydrogen) atoms. The number of rotatable bonds is 6. The predicted molar refractivity (Wildman–Crippen MR) is 117 cm³/mol. The van der Waals surface area contributed by atoms with Crippen LogP contribution >= 0.6 is 0 Å². The minimum absolute atomic E-state index is 0.124. The second-order valence-corrected chi connectivity index (χ2v) is 7.87. The topological polar surface area (TPSA) is 77.6 Å². The lowest BCUT2D eigenvalue weighted by molar-refractivity contribution is 0.0944. The Hall–Kier alpha value is -3.74. The molecule has 5 rings (SSSR count). The summed E-state index contributed by atoms with van der Waals surface area (Å²) in [4.78, 5) is 17.1. The first kappa shape index (κ1) is 19.2. The molecular formula is C24H24N6O. The van der Waals surface area contributed by atoms with Crippen LogP contribution in [0.5, 0.6) is 0 Å². The molecule has 0 aliphatic heterocycles. The van der Waals surface area contributed by atoms with Gasteiger partial charge in [-0.2, -0.15) is 10.2 Å². The number of nitrogens with zero attached hydrogens (tertiary/aromatic N) is 5. The minimum Gasteiger partial charge on any atom is -0.347 e. The van der Waals surface area contributed by atoms with Crippen molar-refractivity contribution in [2.45, 2.75) is 39.3 Å². The largest absolute Gasteiger partial charge is 0.347 e. The summed E-state index contributed by atoms with van der Waals surface area (Å²) < 4.78 is 3.74. The third-order valence-corrected chi connectivity index (χ3v) is 5.85. The van der Waals surface area contributed by atoms with E-state index in [0.717, 1.165) is 52.9 Å². The molecule has 0 saturated carbocycles. The van der Waals surface area contributed by atoms with Crippen LogP contribution in [0.15, 0.2) is 61.2 Å². The SMILES string of the molecule is Cc1ccccc1-n1nc(C(=O)NCc2ccccc2Cn2cncn2)c2c1CCC2. The number of aromatic nitrogens is 5. The van der Waals surface area contributed by atoms with Crippen molar-refractivity contribution in [2.75, 3.05) is 0 Å². The van der Waals surface area contributed by atoms with Crippen LogP contribution in [0.25, 0.3) is 5.69 Å². The summed E-state index contributed by atoms with van der Waals surface area (Å²) in [6.45, 7) is 3.13. The van der Waals surface area contributed by atoms with Crippen LogP contribution in [-0.4, -0.2) is 30.5 Å². The smallest absolute Gasteiger partial charge is 0.272 e. The van der Waals surface area contributed by atoms with Crippen LogP contribution in [0, 0.1) is 6.92 Å². The quantitative estimate of drug-likeness (QED) is 0.527. The van der Waals surface area contributed by atoms with Gasteiger partial charge in [0.05, 0.1) is 12.2 Å². The third kappa shape index (κ3) is 3.74. The van der Waals surface area contributed by atoms with Crippen molar-refractivity contribution in [1.82, 2.24) is 29.9 Å². The third-order valence-electron chi connectivity index (χ3n) is 5.85. The summed E-state index contributed by atoms with van der Waals surface area (Å²) in [6, 6.07) is 16.2.